The summed E-state index contributed by atoms with van der Waals surface area (Å²) >= 11 is 0. The highest BCUT2D eigenvalue weighted by Crippen LogP contribution is 2.25. The third kappa shape index (κ3) is 2.23. The van der Waals surface area contributed by atoms with Gasteiger partial charge >= 0.3 is 5.63 Å². The molecule has 1 aromatic heterocycles. The van der Waals surface area contributed by atoms with Gasteiger partial charge < -0.3 is 4.42 Å². The van der Waals surface area contributed by atoms with Crippen molar-refractivity contribution < 1.29 is 9.21 Å². The van der Waals surface area contributed by atoms with Crippen molar-refractivity contribution in [3.05, 3.63) is 94.3 Å². The van der Waals surface area contributed by atoms with E-state index in [0.717, 1.165) is 16.2 Å². The number of ketones is 1. The van der Waals surface area contributed by atoms with Crippen LogP contribution in [0.3, 0.4) is 0 Å². The Morgan fingerprint density at radius 3 is 2.30 bits per heavy atom. The normalized spacial score (nSPS) is 11.0. The van der Waals surface area contributed by atoms with Gasteiger partial charge in [-0.15, -0.1) is 0 Å². The Kier molecular flexibility index (Phi) is 3.05. The molecule has 0 bridgehead atoms. The molecule has 4 rings (SSSR count). The fraction of sp³-hybridized carbons (Fsp3) is 0. The lowest BCUT2D eigenvalue weighted by molar-refractivity contribution is 0.103. The first-order valence-corrected chi connectivity index (χ1v) is 7.29. The van der Waals surface area contributed by atoms with E-state index in [4.69, 9.17) is 4.42 Å². The van der Waals surface area contributed by atoms with Gasteiger partial charge in [0.05, 0.1) is 0 Å². The minimum Gasteiger partial charge on any atom is -0.422 e. The molecule has 0 saturated heterocycles. The molecule has 0 amide bonds. The van der Waals surface area contributed by atoms with E-state index in [1.165, 1.54) is 0 Å². The number of fused-ring (bicyclic) bond motifs is 3. The fourth-order valence-corrected chi connectivity index (χ4v) is 2.75. The maximum atomic E-state index is 12.5. The average molecular weight is 300 g/mol. The molecule has 0 saturated carbocycles. The Morgan fingerprint density at radius 2 is 1.48 bits per heavy atom. The molecule has 0 unspecified atom stereocenters. The van der Waals surface area contributed by atoms with Crippen LogP contribution in [-0.2, 0) is 0 Å². The van der Waals surface area contributed by atoms with Crippen LogP contribution < -0.4 is 5.63 Å². The molecule has 3 nitrogen and oxygen atoms in total. The van der Waals surface area contributed by atoms with Gasteiger partial charge in [-0.3, -0.25) is 4.79 Å². The van der Waals surface area contributed by atoms with Crippen molar-refractivity contribution in [1.29, 1.82) is 0 Å². The number of benzene rings is 3. The SMILES string of the molecule is O=C(c1ccccc1)c1cc2ccc3ccccc3c2oc1=O. The molecular formula is C20H12O3. The first-order chi connectivity index (χ1) is 11.2. The van der Waals surface area contributed by atoms with Crippen LogP contribution in [0.15, 0.2) is 82.0 Å². The predicted octanol–water partition coefficient (Wildman–Crippen LogP) is 4.18. The zero-order chi connectivity index (χ0) is 15.8. The van der Waals surface area contributed by atoms with E-state index >= 15 is 0 Å². The number of carbonyl (C=O) groups excluding carboxylic acids is 1. The van der Waals surface area contributed by atoms with Crippen LogP contribution in [0.1, 0.15) is 15.9 Å². The molecule has 1 heterocycles. The van der Waals surface area contributed by atoms with Crippen LogP contribution in [0.4, 0.5) is 0 Å². The van der Waals surface area contributed by atoms with E-state index in [1.54, 1.807) is 30.3 Å². The average Bonchev–Trinajstić information content (AvgIpc) is 2.61. The number of hydrogen-bond donors (Lipinski definition) is 0. The third-order valence-corrected chi connectivity index (χ3v) is 3.91. The van der Waals surface area contributed by atoms with E-state index in [1.807, 2.05) is 42.5 Å². The summed E-state index contributed by atoms with van der Waals surface area (Å²) < 4.78 is 5.47. The highest BCUT2D eigenvalue weighted by Gasteiger charge is 2.16. The van der Waals surface area contributed by atoms with Crippen LogP contribution in [0.2, 0.25) is 0 Å². The van der Waals surface area contributed by atoms with Crippen LogP contribution in [-0.4, -0.2) is 5.78 Å². The molecule has 0 aliphatic rings. The van der Waals surface area contributed by atoms with Crippen LogP contribution in [0.25, 0.3) is 21.7 Å². The lowest BCUT2D eigenvalue weighted by Gasteiger charge is -2.05. The summed E-state index contributed by atoms with van der Waals surface area (Å²) in [5, 5.41) is 2.59. The second-order valence-corrected chi connectivity index (χ2v) is 5.35. The first-order valence-electron chi connectivity index (χ1n) is 7.29. The van der Waals surface area contributed by atoms with Crippen molar-refractivity contribution >= 4 is 27.5 Å². The zero-order valence-electron chi connectivity index (χ0n) is 12.2. The van der Waals surface area contributed by atoms with Gasteiger partial charge in [0.1, 0.15) is 11.1 Å². The third-order valence-electron chi connectivity index (χ3n) is 3.91. The minimum atomic E-state index is -0.609. The summed E-state index contributed by atoms with van der Waals surface area (Å²) in [6, 6.07) is 21.8. The lowest BCUT2D eigenvalue weighted by atomic mass is 10.0. The van der Waals surface area contributed by atoms with Crippen LogP contribution >= 0.6 is 0 Å². The standard InChI is InChI=1S/C20H12O3/c21-18(14-7-2-1-3-8-14)17-12-15-11-10-13-6-4-5-9-16(13)19(15)23-20(17)22/h1-12H. The highest BCUT2D eigenvalue weighted by molar-refractivity contribution is 6.11. The highest BCUT2D eigenvalue weighted by atomic mass is 16.4. The summed E-state index contributed by atoms with van der Waals surface area (Å²) in [6.07, 6.45) is 0. The molecule has 0 spiro atoms. The van der Waals surface area contributed by atoms with E-state index in [9.17, 15) is 9.59 Å². The van der Waals surface area contributed by atoms with Crippen molar-refractivity contribution in [3.8, 4) is 0 Å². The van der Waals surface area contributed by atoms with E-state index < -0.39 is 5.63 Å². The van der Waals surface area contributed by atoms with Crippen molar-refractivity contribution in [2.24, 2.45) is 0 Å². The Hall–Kier alpha value is -3.20. The van der Waals surface area contributed by atoms with E-state index in [2.05, 4.69) is 0 Å². The molecule has 3 heteroatoms. The molecule has 0 fully saturated rings. The number of hydrogen-bond acceptors (Lipinski definition) is 3. The summed E-state index contributed by atoms with van der Waals surface area (Å²) in [5.41, 5.74) is 0.430. The molecule has 3 aromatic carbocycles. The molecule has 0 atom stereocenters. The Balaban J connectivity index is 1.96. The second kappa shape index (κ2) is 5.21. The summed E-state index contributed by atoms with van der Waals surface area (Å²) in [5.74, 6) is -0.325. The molecular weight excluding hydrogens is 288 g/mol. The molecule has 0 radical (unpaired) electrons. The van der Waals surface area contributed by atoms with Crippen LogP contribution in [0.5, 0.6) is 0 Å². The van der Waals surface area contributed by atoms with Gasteiger partial charge in [0.15, 0.2) is 5.78 Å². The molecule has 23 heavy (non-hydrogen) atoms. The molecule has 0 aliphatic heterocycles. The summed E-state index contributed by atoms with van der Waals surface area (Å²) in [4.78, 5) is 24.8. The summed E-state index contributed by atoms with van der Waals surface area (Å²) in [7, 11) is 0. The first kappa shape index (κ1) is 13.5. The maximum Gasteiger partial charge on any atom is 0.347 e. The smallest absolute Gasteiger partial charge is 0.347 e. The molecule has 4 aromatic rings. The van der Waals surface area contributed by atoms with Crippen molar-refractivity contribution in [2.45, 2.75) is 0 Å². The van der Waals surface area contributed by atoms with Gasteiger partial charge in [0, 0.05) is 16.3 Å². The van der Waals surface area contributed by atoms with Gasteiger partial charge in [0.25, 0.3) is 0 Å². The maximum absolute atomic E-state index is 12.5. The predicted molar refractivity (Wildman–Crippen MR) is 89.9 cm³/mol. The second-order valence-electron chi connectivity index (χ2n) is 5.35. The van der Waals surface area contributed by atoms with Crippen LogP contribution in [0, 0.1) is 0 Å². The van der Waals surface area contributed by atoms with E-state index in [-0.39, 0.29) is 11.3 Å². The summed E-state index contributed by atoms with van der Waals surface area (Å²) in [6.45, 7) is 0. The van der Waals surface area contributed by atoms with Gasteiger partial charge in [0.2, 0.25) is 0 Å². The monoisotopic (exact) mass is 300 g/mol. The van der Waals surface area contributed by atoms with Gasteiger partial charge in [-0.25, -0.2) is 4.79 Å². The Labute approximate surface area is 131 Å². The van der Waals surface area contributed by atoms with Gasteiger partial charge in [-0.2, -0.15) is 0 Å². The zero-order valence-corrected chi connectivity index (χ0v) is 12.2. The largest absolute Gasteiger partial charge is 0.422 e. The molecule has 0 aliphatic carbocycles. The Bertz CT molecular complexity index is 1090. The van der Waals surface area contributed by atoms with Gasteiger partial charge in [-0.1, -0.05) is 66.7 Å². The van der Waals surface area contributed by atoms with Gasteiger partial charge in [-0.05, 0) is 11.5 Å². The number of carbonyl (C=O) groups is 1. The lowest BCUT2D eigenvalue weighted by Crippen LogP contribution is -2.14. The molecule has 0 N–H and O–H groups in total. The fourth-order valence-electron chi connectivity index (χ4n) is 2.75. The van der Waals surface area contributed by atoms with Crippen molar-refractivity contribution in [2.75, 3.05) is 0 Å². The number of rotatable bonds is 2. The Morgan fingerprint density at radius 1 is 0.783 bits per heavy atom. The minimum absolute atomic E-state index is 0.0546. The quantitative estimate of drug-likeness (QED) is 0.317. The van der Waals surface area contributed by atoms with Crippen molar-refractivity contribution in [3.63, 3.8) is 0 Å². The topological polar surface area (TPSA) is 47.3 Å². The molecule has 110 valence electrons. The van der Waals surface area contributed by atoms with E-state index in [0.29, 0.717) is 11.1 Å². The van der Waals surface area contributed by atoms with Crippen molar-refractivity contribution in [1.82, 2.24) is 0 Å².